The van der Waals surface area contributed by atoms with Gasteiger partial charge in [0.2, 0.25) is 5.79 Å². The summed E-state index contributed by atoms with van der Waals surface area (Å²) < 4.78 is 12.3. The predicted molar refractivity (Wildman–Crippen MR) is 214 cm³/mol. The van der Waals surface area contributed by atoms with Gasteiger partial charge in [-0.2, -0.15) is 0 Å². The van der Waals surface area contributed by atoms with Crippen LogP contribution in [-0.2, 0) is 28.7 Å². The SMILES string of the molecule is C/C1=C\C[C@@H]([C@H](C)CC2CCC(O)CC2)OC(=O)[C@@H]2CCCCN2C(=O)C(=O)[C@]2(O)O[C@@H](CC[C@H]2C)C[C@H](O)/C(C)=C/C=C/C=C/[C@@H](C)C[C@@H](C)C(=O)C[C@@H]1O. The fraction of sp³-hybridized carbons (Fsp3) is 0.733. The quantitative estimate of drug-likeness (QED) is 0.150. The van der Waals surface area contributed by atoms with Crippen molar-refractivity contribution in [3.8, 4) is 0 Å². The van der Waals surface area contributed by atoms with Crippen molar-refractivity contribution in [1.82, 2.24) is 4.90 Å². The first-order valence-electron chi connectivity index (χ1n) is 21.2. The molecule has 314 valence electrons. The maximum absolute atomic E-state index is 14.1. The van der Waals surface area contributed by atoms with Crippen LogP contribution in [0.1, 0.15) is 131 Å². The minimum atomic E-state index is -2.42. The Morgan fingerprint density at radius 3 is 2.29 bits per heavy atom. The third kappa shape index (κ3) is 12.5. The molecule has 10 atom stereocenters. The summed E-state index contributed by atoms with van der Waals surface area (Å²) in [4.78, 5) is 56.5. The summed E-state index contributed by atoms with van der Waals surface area (Å²) in [7, 11) is 0. The van der Waals surface area contributed by atoms with E-state index in [4.69, 9.17) is 9.47 Å². The van der Waals surface area contributed by atoms with Crippen LogP contribution < -0.4 is 0 Å². The minimum Gasteiger partial charge on any atom is -0.460 e. The number of fused-ring (bicyclic) bond motifs is 3. The van der Waals surface area contributed by atoms with Gasteiger partial charge < -0.3 is 34.8 Å². The second-order valence-electron chi connectivity index (χ2n) is 17.5. The van der Waals surface area contributed by atoms with Gasteiger partial charge in [0, 0.05) is 37.6 Å². The fourth-order valence-corrected chi connectivity index (χ4v) is 8.72. The van der Waals surface area contributed by atoms with Gasteiger partial charge in [-0.1, -0.05) is 64.2 Å². The molecule has 2 saturated heterocycles. The smallest absolute Gasteiger partial charge is 0.329 e. The molecule has 0 aromatic rings. The standard InChI is InChI=1S/C45H69NO10/c1-28-12-8-7-9-13-29(2)38(48)26-36-21-16-33(6)45(54,56-36)42(51)43(52)46-23-11-10-14-37(46)44(53)55-41(32(5)25-34-17-19-35(47)20-18-34)22-15-30(3)39(49)27-40(50)31(4)24-28/h7-9,12-13,15,28,31-39,41,47-49,54H,10-11,14,16-27H2,1-6H3/b9-7+,12-8+,29-13+,30-15+/t28-,31-,32-,33-,34?,35?,36+,37+,38+,39+,41+,45-/m1/s1. The highest BCUT2D eigenvalue weighted by molar-refractivity contribution is 6.39. The Balaban J connectivity index is 1.63. The number of allylic oxidation sites excluding steroid dienone is 5. The van der Waals surface area contributed by atoms with Gasteiger partial charge in [-0.3, -0.25) is 14.4 Å². The summed E-state index contributed by atoms with van der Waals surface area (Å²) >= 11 is 0. The van der Waals surface area contributed by atoms with Crippen molar-refractivity contribution in [3.05, 3.63) is 47.6 Å². The second kappa shape index (κ2) is 21.2. The summed E-state index contributed by atoms with van der Waals surface area (Å²) in [5.41, 5.74) is 1.27. The number of carbonyl (C=O) groups excluding carboxylic acids is 4. The average Bonchev–Trinajstić information content (AvgIpc) is 3.17. The highest BCUT2D eigenvalue weighted by atomic mass is 16.6. The maximum Gasteiger partial charge on any atom is 0.329 e. The first-order valence-corrected chi connectivity index (χ1v) is 21.2. The monoisotopic (exact) mass is 783 g/mol. The van der Waals surface area contributed by atoms with Gasteiger partial charge >= 0.3 is 5.97 Å². The van der Waals surface area contributed by atoms with Crippen molar-refractivity contribution in [2.75, 3.05) is 6.54 Å². The van der Waals surface area contributed by atoms with Gasteiger partial charge in [-0.25, -0.2) is 4.79 Å². The van der Waals surface area contributed by atoms with Gasteiger partial charge in [0.25, 0.3) is 11.7 Å². The molecule has 3 heterocycles. The Bertz CT molecular complexity index is 1480. The molecule has 11 nitrogen and oxygen atoms in total. The molecule has 11 heteroatoms. The van der Waals surface area contributed by atoms with Crippen molar-refractivity contribution < 1.29 is 49.1 Å². The number of Topliss-reactive ketones (excluding diaryl/α,β-unsaturated/α-hetero) is 2. The lowest BCUT2D eigenvalue weighted by molar-refractivity contribution is -0.265. The number of aliphatic hydroxyl groups excluding tert-OH is 3. The number of ether oxygens (including phenoxy) is 2. The van der Waals surface area contributed by atoms with E-state index in [1.165, 1.54) is 4.90 Å². The zero-order valence-electron chi connectivity index (χ0n) is 34.6. The second-order valence-corrected chi connectivity index (χ2v) is 17.5. The number of ketones is 2. The van der Waals surface area contributed by atoms with E-state index in [0.717, 1.165) is 32.1 Å². The van der Waals surface area contributed by atoms with Gasteiger partial charge in [-0.05, 0) is 113 Å². The Morgan fingerprint density at radius 1 is 0.857 bits per heavy atom. The first kappa shape index (κ1) is 45.7. The lowest BCUT2D eigenvalue weighted by Gasteiger charge is -2.42. The minimum absolute atomic E-state index is 0.0284. The number of amides is 1. The molecule has 0 aromatic carbocycles. The van der Waals surface area contributed by atoms with E-state index >= 15 is 0 Å². The molecule has 1 amide bonds. The molecule has 4 aliphatic rings. The van der Waals surface area contributed by atoms with E-state index in [2.05, 4.69) is 0 Å². The van der Waals surface area contributed by atoms with E-state index in [1.54, 1.807) is 26.8 Å². The Hall–Kier alpha value is -2.96. The van der Waals surface area contributed by atoms with Gasteiger partial charge in [0.1, 0.15) is 17.9 Å². The number of carbonyl (C=O) groups is 4. The molecule has 0 aromatic heterocycles. The number of aliphatic hydroxyl groups is 4. The number of cyclic esters (lactones) is 1. The third-order valence-electron chi connectivity index (χ3n) is 12.8. The molecule has 3 fully saturated rings. The van der Waals surface area contributed by atoms with E-state index in [9.17, 15) is 39.6 Å². The van der Waals surface area contributed by atoms with Crippen LogP contribution >= 0.6 is 0 Å². The molecule has 0 unspecified atom stereocenters. The molecule has 4 rings (SSSR count). The van der Waals surface area contributed by atoms with Crippen LogP contribution in [0.25, 0.3) is 0 Å². The number of hydrogen-bond acceptors (Lipinski definition) is 10. The number of rotatable bonds is 3. The Morgan fingerprint density at radius 2 is 1.57 bits per heavy atom. The van der Waals surface area contributed by atoms with Gasteiger partial charge in [0.15, 0.2) is 0 Å². The van der Waals surface area contributed by atoms with E-state index in [0.29, 0.717) is 55.6 Å². The summed E-state index contributed by atoms with van der Waals surface area (Å²) in [5.74, 6) is -5.79. The van der Waals surface area contributed by atoms with E-state index < -0.39 is 59.8 Å². The van der Waals surface area contributed by atoms with Crippen molar-refractivity contribution in [2.45, 2.75) is 174 Å². The first-order chi connectivity index (χ1) is 26.5. The van der Waals surface area contributed by atoms with E-state index in [1.807, 2.05) is 51.2 Å². The average molecular weight is 784 g/mol. The molecule has 0 spiro atoms. The fourth-order valence-electron chi connectivity index (χ4n) is 8.72. The summed E-state index contributed by atoms with van der Waals surface area (Å²) in [6, 6.07) is -1.03. The molecule has 1 aliphatic carbocycles. The predicted octanol–water partition coefficient (Wildman–Crippen LogP) is 6.07. The number of esters is 1. The lowest BCUT2D eigenvalue weighted by Crippen LogP contribution is -2.60. The van der Waals surface area contributed by atoms with Crippen LogP contribution in [0.3, 0.4) is 0 Å². The molecule has 0 radical (unpaired) electrons. The van der Waals surface area contributed by atoms with Crippen molar-refractivity contribution in [1.29, 1.82) is 0 Å². The molecule has 4 N–H and O–H groups in total. The number of piperidine rings is 1. The molecule has 3 aliphatic heterocycles. The Labute approximate surface area is 334 Å². The van der Waals surface area contributed by atoms with Crippen LogP contribution in [0.2, 0.25) is 0 Å². The van der Waals surface area contributed by atoms with E-state index in [-0.39, 0.29) is 55.4 Å². The topological polar surface area (TPSA) is 171 Å². The zero-order chi connectivity index (χ0) is 41.2. The van der Waals surface area contributed by atoms with Crippen LogP contribution in [0.4, 0.5) is 0 Å². The van der Waals surface area contributed by atoms with Crippen LogP contribution in [0, 0.1) is 29.6 Å². The molecular weight excluding hydrogens is 714 g/mol. The van der Waals surface area contributed by atoms with Crippen molar-refractivity contribution in [2.24, 2.45) is 29.6 Å². The largest absolute Gasteiger partial charge is 0.460 e. The summed E-state index contributed by atoms with van der Waals surface area (Å²) in [5, 5.41) is 43.9. The summed E-state index contributed by atoms with van der Waals surface area (Å²) in [6.45, 7) is 11.3. The molecule has 2 bridgehead atoms. The molecule has 1 saturated carbocycles. The molecular formula is C45H69NO10. The number of hydrogen-bond donors (Lipinski definition) is 4. The molecule has 56 heavy (non-hydrogen) atoms. The van der Waals surface area contributed by atoms with Gasteiger partial charge in [-0.15, -0.1) is 0 Å². The van der Waals surface area contributed by atoms with Crippen LogP contribution in [0.15, 0.2) is 47.6 Å². The highest BCUT2D eigenvalue weighted by Gasteiger charge is 2.53. The highest BCUT2D eigenvalue weighted by Crippen LogP contribution is 2.37. The number of nitrogens with zero attached hydrogens (tertiary/aromatic N) is 1. The third-order valence-corrected chi connectivity index (χ3v) is 12.8. The normalized spacial score (nSPS) is 40.5. The maximum atomic E-state index is 14.1. The Kier molecular flexibility index (Phi) is 17.3. The van der Waals surface area contributed by atoms with Crippen LogP contribution in [0.5, 0.6) is 0 Å². The van der Waals surface area contributed by atoms with Crippen molar-refractivity contribution in [3.63, 3.8) is 0 Å². The van der Waals surface area contributed by atoms with Crippen LogP contribution in [-0.4, -0.2) is 97.7 Å². The van der Waals surface area contributed by atoms with Crippen molar-refractivity contribution >= 4 is 23.4 Å². The lowest BCUT2D eigenvalue weighted by atomic mass is 9.80. The summed E-state index contributed by atoms with van der Waals surface area (Å²) in [6.07, 6.45) is 15.0. The van der Waals surface area contributed by atoms with Gasteiger partial charge in [0.05, 0.1) is 24.4 Å². The zero-order valence-corrected chi connectivity index (χ0v) is 34.6.